The maximum absolute atomic E-state index is 12.2. The number of nitrogens with one attached hydrogen (secondary N) is 1. The molecule has 0 saturated carbocycles. The fourth-order valence-corrected chi connectivity index (χ4v) is 4.28. The van der Waals surface area contributed by atoms with Crippen LogP contribution in [0.15, 0.2) is 23.4 Å². The van der Waals surface area contributed by atoms with Gasteiger partial charge < -0.3 is 5.11 Å². The molecule has 2 heterocycles. The van der Waals surface area contributed by atoms with Crippen LogP contribution >= 0.6 is 11.3 Å². The zero-order chi connectivity index (χ0) is 14.2. The van der Waals surface area contributed by atoms with Crippen LogP contribution in [-0.4, -0.2) is 23.5 Å². The highest BCUT2D eigenvalue weighted by molar-refractivity contribution is 7.92. The maximum Gasteiger partial charge on any atom is 0.281 e. The van der Waals surface area contributed by atoms with Crippen LogP contribution in [0.4, 0.5) is 5.13 Å². The number of anilines is 1. The molecule has 2 N–H and O–H groups in total. The number of aliphatic hydroxyl groups excluding tert-OH is 1. The van der Waals surface area contributed by atoms with Crippen molar-refractivity contribution >= 4 is 26.5 Å². The highest BCUT2D eigenvalue weighted by Gasteiger charge is 2.21. The summed E-state index contributed by atoms with van der Waals surface area (Å²) >= 11 is 1.38. The zero-order valence-corrected chi connectivity index (χ0v) is 12.2. The molecule has 0 atom stereocenters. The Morgan fingerprint density at radius 1 is 1.35 bits per heavy atom. The number of nitrogens with zero attached hydrogens (tertiary/aromatic N) is 2. The highest BCUT2D eigenvalue weighted by Crippen LogP contribution is 2.31. The number of hydrogen-bond acceptors (Lipinski definition) is 6. The van der Waals surface area contributed by atoms with Crippen molar-refractivity contribution in [2.45, 2.75) is 30.9 Å². The van der Waals surface area contributed by atoms with Gasteiger partial charge in [0, 0.05) is 11.1 Å². The van der Waals surface area contributed by atoms with E-state index in [1.54, 1.807) is 0 Å². The van der Waals surface area contributed by atoms with Crippen molar-refractivity contribution in [2.75, 3.05) is 4.72 Å². The average molecular weight is 311 g/mol. The van der Waals surface area contributed by atoms with Crippen molar-refractivity contribution in [2.24, 2.45) is 0 Å². The molecular weight excluding hydrogens is 298 g/mol. The van der Waals surface area contributed by atoms with Crippen LogP contribution in [0.2, 0.25) is 0 Å². The predicted molar refractivity (Wildman–Crippen MR) is 75.1 cm³/mol. The summed E-state index contributed by atoms with van der Waals surface area (Å²) in [6.45, 7) is -0.167. The lowest BCUT2D eigenvalue weighted by Crippen LogP contribution is -2.14. The molecule has 106 valence electrons. The minimum Gasteiger partial charge on any atom is -0.392 e. The van der Waals surface area contributed by atoms with Gasteiger partial charge in [-0.2, -0.15) is 8.42 Å². The van der Waals surface area contributed by atoms with Crippen LogP contribution in [0.25, 0.3) is 0 Å². The number of aryl methyl sites for hydroxylation is 2. The van der Waals surface area contributed by atoms with Crippen molar-refractivity contribution in [3.05, 3.63) is 34.5 Å². The monoisotopic (exact) mass is 311 g/mol. The van der Waals surface area contributed by atoms with Gasteiger partial charge >= 0.3 is 0 Å². The number of thiazole rings is 1. The van der Waals surface area contributed by atoms with E-state index in [-0.39, 0.29) is 11.6 Å². The van der Waals surface area contributed by atoms with Gasteiger partial charge in [0.1, 0.15) is 0 Å². The van der Waals surface area contributed by atoms with E-state index in [2.05, 4.69) is 14.7 Å². The third-order valence-corrected chi connectivity index (χ3v) is 5.53. The molecule has 2 aromatic heterocycles. The van der Waals surface area contributed by atoms with E-state index in [4.69, 9.17) is 5.11 Å². The molecule has 0 radical (unpaired) electrons. The minimum atomic E-state index is -3.72. The molecule has 0 aromatic carbocycles. The molecule has 6 nitrogen and oxygen atoms in total. The molecule has 0 aliphatic heterocycles. The largest absolute Gasteiger partial charge is 0.392 e. The Hall–Kier alpha value is -1.51. The number of pyridine rings is 1. The van der Waals surface area contributed by atoms with Crippen LogP contribution < -0.4 is 4.72 Å². The summed E-state index contributed by atoms with van der Waals surface area (Å²) in [5.41, 5.74) is 1.56. The summed E-state index contributed by atoms with van der Waals surface area (Å²) in [4.78, 5) is 9.30. The lowest BCUT2D eigenvalue weighted by molar-refractivity contribution is 0.281. The van der Waals surface area contributed by atoms with Crippen LogP contribution in [-0.2, 0) is 29.5 Å². The van der Waals surface area contributed by atoms with E-state index in [9.17, 15) is 8.42 Å². The van der Waals surface area contributed by atoms with E-state index in [0.29, 0.717) is 10.7 Å². The number of rotatable bonds is 4. The molecule has 3 rings (SSSR count). The standard InChI is InChI=1S/C12H13N3O3S2/c16-7-8-4-5-11(13-6-8)20(17,18)15-12-14-9-2-1-3-10(9)19-12/h4-6,16H,1-3,7H2,(H,14,15). The molecule has 0 amide bonds. The predicted octanol–water partition coefficient (Wildman–Crippen LogP) is 1.32. The number of aliphatic hydroxyl groups is 1. The molecule has 1 aliphatic rings. The van der Waals surface area contributed by atoms with Crippen LogP contribution in [0, 0.1) is 0 Å². The first-order valence-electron chi connectivity index (χ1n) is 6.16. The minimum absolute atomic E-state index is 0.0786. The zero-order valence-electron chi connectivity index (χ0n) is 10.5. The highest BCUT2D eigenvalue weighted by atomic mass is 32.2. The van der Waals surface area contributed by atoms with Gasteiger partial charge in [-0.15, -0.1) is 11.3 Å². The summed E-state index contributed by atoms with van der Waals surface area (Å²) in [6.07, 6.45) is 4.32. The lowest BCUT2D eigenvalue weighted by Gasteiger charge is -2.04. The Labute approximate surface area is 120 Å². The van der Waals surface area contributed by atoms with Crippen molar-refractivity contribution in [3.8, 4) is 0 Å². The maximum atomic E-state index is 12.2. The number of aromatic nitrogens is 2. The van der Waals surface area contributed by atoms with Crippen LogP contribution in [0.1, 0.15) is 22.6 Å². The van der Waals surface area contributed by atoms with Gasteiger partial charge in [-0.25, -0.2) is 9.97 Å². The second-order valence-electron chi connectivity index (χ2n) is 4.51. The molecule has 0 saturated heterocycles. The van der Waals surface area contributed by atoms with E-state index in [1.807, 2.05) is 0 Å². The Morgan fingerprint density at radius 3 is 2.85 bits per heavy atom. The Morgan fingerprint density at radius 2 is 2.20 bits per heavy atom. The summed E-state index contributed by atoms with van der Waals surface area (Å²) < 4.78 is 26.8. The van der Waals surface area contributed by atoms with Crippen LogP contribution in [0.3, 0.4) is 0 Å². The van der Waals surface area contributed by atoms with E-state index < -0.39 is 10.0 Å². The summed E-state index contributed by atoms with van der Waals surface area (Å²) in [7, 11) is -3.72. The SMILES string of the molecule is O=S(=O)(Nc1nc2c(s1)CCC2)c1ccc(CO)cn1. The molecule has 0 unspecified atom stereocenters. The molecule has 20 heavy (non-hydrogen) atoms. The van der Waals surface area contributed by atoms with Gasteiger partial charge in [0.15, 0.2) is 10.2 Å². The Balaban J connectivity index is 1.83. The van der Waals surface area contributed by atoms with Crippen molar-refractivity contribution in [1.29, 1.82) is 0 Å². The van der Waals surface area contributed by atoms with E-state index >= 15 is 0 Å². The molecule has 8 heteroatoms. The smallest absolute Gasteiger partial charge is 0.281 e. The third-order valence-electron chi connectivity index (χ3n) is 3.07. The Bertz CT molecular complexity index is 701. The lowest BCUT2D eigenvalue weighted by atomic mass is 10.3. The van der Waals surface area contributed by atoms with E-state index in [0.717, 1.165) is 29.8 Å². The fraction of sp³-hybridized carbons (Fsp3) is 0.333. The number of sulfonamides is 1. The summed E-state index contributed by atoms with van der Waals surface area (Å²) in [5.74, 6) is 0. The molecule has 1 aliphatic carbocycles. The number of hydrogen-bond donors (Lipinski definition) is 2. The first-order chi connectivity index (χ1) is 9.58. The third kappa shape index (κ3) is 2.54. The Kier molecular flexibility index (Phi) is 3.45. The van der Waals surface area contributed by atoms with Crippen molar-refractivity contribution in [1.82, 2.24) is 9.97 Å². The quantitative estimate of drug-likeness (QED) is 0.888. The summed E-state index contributed by atoms with van der Waals surface area (Å²) in [5, 5.41) is 9.23. The molecule has 0 fully saturated rings. The second kappa shape index (κ2) is 5.12. The van der Waals surface area contributed by atoms with Crippen LogP contribution in [0.5, 0.6) is 0 Å². The fourth-order valence-electron chi connectivity index (χ4n) is 2.06. The first kappa shape index (κ1) is 13.5. The number of fused-ring (bicyclic) bond motifs is 1. The van der Waals surface area contributed by atoms with Gasteiger partial charge in [-0.05, 0) is 30.9 Å². The average Bonchev–Trinajstić information content (AvgIpc) is 2.99. The topological polar surface area (TPSA) is 92.2 Å². The van der Waals surface area contributed by atoms with E-state index in [1.165, 1.54) is 29.7 Å². The van der Waals surface area contributed by atoms with Crippen molar-refractivity contribution in [3.63, 3.8) is 0 Å². The first-order valence-corrected chi connectivity index (χ1v) is 8.45. The van der Waals surface area contributed by atoms with Gasteiger partial charge in [-0.3, -0.25) is 4.72 Å². The normalized spacial score (nSPS) is 14.2. The molecule has 2 aromatic rings. The molecular formula is C12H13N3O3S2. The van der Waals surface area contributed by atoms with Gasteiger partial charge in [0.2, 0.25) is 0 Å². The van der Waals surface area contributed by atoms with Gasteiger partial charge in [-0.1, -0.05) is 6.07 Å². The van der Waals surface area contributed by atoms with Crippen molar-refractivity contribution < 1.29 is 13.5 Å². The molecule has 0 bridgehead atoms. The van der Waals surface area contributed by atoms with Gasteiger partial charge in [0.25, 0.3) is 10.0 Å². The summed E-state index contributed by atoms with van der Waals surface area (Å²) in [6, 6.07) is 2.90. The van der Waals surface area contributed by atoms with Gasteiger partial charge in [0.05, 0.1) is 12.3 Å². The molecule has 0 spiro atoms. The second-order valence-corrected chi connectivity index (χ2v) is 7.22.